The van der Waals surface area contributed by atoms with Crippen LogP contribution in [0, 0.1) is 0 Å². The monoisotopic (exact) mass is 461 g/mol. The number of ether oxygens (including phenoxy) is 1. The van der Waals surface area contributed by atoms with Gasteiger partial charge in [-0.2, -0.15) is 0 Å². The smallest absolute Gasteiger partial charge is 0.276 e. The number of hydrazine groups is 1. The normalized spacial score (nSPS) is 10.3. The summed E-state index contributed by atoms with van der Waals surface area (Å²) in [6.45, 7) is 3.82. The number of benzene rings is 2. The lowest BCUT2D eigenvalue weighted by atomic mass is 10.0. The molecule has 8 heteroatoms. The number of carbonyl (C=O) groups is 3. The van der Waals surface area contributed by atoms with Crippen molar-refractivity contribution in [3.63, 3.8) is 0 Å². The first-order chi connectivity index (χ1) is 13.8. The summed E-state index contributed by atoms with van der Waals surface area (Å²) in [5.41, 5.74) is 6.20. The number of hydrogen-bond donors (Lipinski definition) is 3. The third-order valence-electron chi connectivity index (χ3n) is 3.93. The Bertz CT molecular complexity index is 856. The van der Waals surface area contributed by atoms with Crippen LogP contribution >= 0.6 is 15.9 Å². The van der Waals surface area contributed by atoms with Gasteiger partial charge in [-0.3, -0.25) is 25.2 Å². The third-order valence-corrected chi connectivity index (χ3v) is 4.42. The summed E-state index contributed by atoms with van der Waals surface area (Å²) in [5.74, 6) is -0.398. The molecular formula is C21H24BrN3O4. The predicted molar refractivity (Wildman–Crippen MR) is 114 cm³/mol. The van der Waals surface area contributed by atoms with E-state index in [1.165, 1.54) is 0 Å². The van der Waals surface area contributed by atoms with Crippen molar-refractivity contribution in [2.45, 2.75) is 32.6 Å². The fourth-order valence-corrected chi connectivity index (χ4v) is 2.83. The lowest BCUT2D eigenvalue weighted by Crippen LogP contribution is -2.44. The number of carbonyl (C=O) groups excluding carboxylic acids is 3. The predicted octanol–water partition coefficient (Wildman–Crippen LogP) is 3.52. The Balaban J connectivity index is 1.70. The van der Waals surface area contributed by atoms with Crippen LogP contribution in [0.1, 0.15) is 38.2 Å². The first kappa shape index (κ1) is 22.4. The summed E-state index contributed by atoms with van der Waals surface area (Å²) < 4.78 is 6.50. The summed E-state index contributed by atoms with van der Waals surface area (Å²) >= 11 is 3.42. The van der Waals surface area contributed by atoms with Crippen molar-refractivity contribution in [3.05, 3.63) is 58.6 Å². The highest BCUT2D eigenvalue weighted by atomic mass is 79.9. The Morgan fingerprint density at radius 2 is 1.59 bits per heavy atom. The number of rotatable bonds is 8. The molecule has 0 saturated carbocycles. The zero-order valence-electron chi connectivity index (χ0n) is 16.3. The van der Waals surface area contributed by atoms with E-state index >= 15 is 0 Å². The van der Waals surface area contributed by atoms with E-state index in [2.05, 4.69) is 32.1 Å². The molecule has 29 heavy (non-hydrogen) atoms. The lowest BCUT2D eigenvalue weighted by molar-refractivity contribution is -0.130. The highest BCUT2D eigenvalue weighted by molar-refractivity contribution is 9.10. The molecule has 0 aliphatic rings. The van der Waals surface area contributed by atoms with Crippen LogP contribution in [0.15, 0.2) is 53.0 Å². The standard InChI is InChI=1S/C21H24BrN3O4/c1-14(2)17-12-15(22)8-9-18(17)29-13-21(28)25-24-20(27)11-10-19(26)23-16-6-4-3-5-7-16/h3-9,12,14H,10-11,13H2,1-2H3,(H,23,26)(H,24,27)(H,25,28). The zero-order valence-corrected chi connectivity index (χ0v) is 17.9. The van der Waals surface area contributed by atoms with E-state index in [4.69, 9.17) is 4.74 Å². The van der Waals surface area contributed by atoms with Crippen molar-refractivity contribution in [3.8, 4) is 5.75 Å². The van der Waals surface area contributed by atoms with Crippen molar-refractivity contribution in [2.24, 2.45) is 0 Å². The molecular weight excluding hydrogens is 438 g/mol. The number of nitrogens with one attached hydrogen (secondary N) is 3. The van der Waals surface area contributed by atoms with Gasteiger partial charge in [-0.1, -0.05) is 48.0 Å². The Morgan fingerprint density at radius 3 is 2.28 bits per heavy atom. The molecule has 154 valence electrons. The molecule has 0 aromatic heterocycles. The maximum Gasteiger partial charge on any atom is 0.276 e. The van der Waals surface area contributed by atoms with E-state index in [1.54, 1.807) is 30.3 Å². The molecule has 2 rings (SSSR count). The molecule has 0 radical (unpaired) electrons. The van der Waals surface area contributed by atoms with Gasteiger partial charge in [0, 0.05) is 23.0 Å². The van der Waals surface area contributed by atoms with E-state index in [9.17, 15) is 14.4 Å². The van der Waals surface area contributed by atoms with Crippen LogP contribution < -0.4 is 20.9 Å². The van der Waals surface area contributed by atoms with Gasteiger partial charge in [0.15, 0.2) is 6.61 Å². The second-order valence-corrected chi connectivity index (χ2v) is 7.55. The van der Waals surface area contributed by atoms with Gasteiger partial charge in [-0.05, 0) is 41.8 Å². The number of anilines is 1. The van der Waals surface area contributed by atoms with Gasteiger partial charge in [-0.25, -0.2) is 0 Å². The summed E-state index contributed by atoms with van der Waals surface area (Å²) in [7, 11) is 0. The van der Waals surface area contributed by atoms with Crippen LogP contribution in [0.3, 0.4) is 0 Å². The minimum Gasteiger partial charge on any atom is -0.483 e. The van der Waals surface area contributed by atoms with E-state index in [-0.39, 0.29) is 31.3 Å². The number of amides is 3. The van der Waals surface area contributed by atoms with E-state index in [0.29, 0.717) is 11.4 Å². The summed E-state index contributed by atoms with van der Waals surface area (Å²) in [6, 6.07) is 14.5. The van der Waals surface area contributed by atoms with Gasteiger partial charge in [0.25, 0.3) is 5.91 Å². The molecule has 0 atom stereocenters. The van der Waals surface area contributed by atoms with Gasteiger partial charge in [-0.15, -0.1) is 0 Å². The molecule has 0 aliphatic heterocycles. The summed E-state index contributed by atoms with van der Waals surface area (Å²) in [4.78, 5) is 35.5. The minimum atomic E-state index is -0.496. The molecule has 3 amide bonds. The third kappa shape index (κ3) is 7.95. The van der Waals surface area contributed by atoms with Gasteiger partial charge in [0.05, 0.1) is 0 Å². The molecule has 0 spiro atoms. The summed E-state index contributed by atoms with van der Waals surface area (Å²) in [6.07, 6.45) is -0.0479. The molecule has 0 saturated heterocycles. The van der Waals surface area contributed by atoms with Gasteiger partial charge >= 0.3 is 0 Å². The molecule has 0 heterocycles. The van der Waals surface area contributed by atoms with E-state index in [0.717, 1.165) is 10.0 Å². The van der Waals surface area contributed by atoms with Gasteiger partial charge < -0.3 is 10.1 Å². The summed E-state index contributed by atoms with van der Waals surface area (Å²) in [5, 5.41) is 2.69. The van der Waals surface area contributed by atoms with Crippen LogP contribution in [-0.2, 0) is 14.4 Å². The van der Waals surface area contributed by atoms with Gasteiger partial charge in [0.1, 0.15) is 5.75 Å². The Kier molecular flexibility index (Phi) is 8.67. The first-order valence-electron chi connectivity index (χ1n) is 9.20. The van der Waals surface area contributed by atoms with Crippen LogP contribution in [-0.4, -0.2) is 24.3 Å². The molecule has 2 aromatic carbocycles. The SMILES string of the molecule is CC(C)c1cc(Br)ccc1OCC(=O)NNC(=O)CCC(=O)Nc1ccccc1. The highest BCUT2D eigenvalue weighted by Crippen LogP contribution is 2.29. The molecule has 0 aliphatic carbocycles. The molecule has 3 N–H and O–H groups in total. The lowest BCUT2D eigenvalue weighted by Gasteiger charge is -2.14. The van der Waals surface area contributed by atoms with Crippen molar-refractivity contribution in [1.29, 1.82) is 0 Å². The number of hydrogen-bond acceptors (Lipinski definition) is 4. The number of para-hydroxylation sites is 1. The largest absolute Gasteiger partial charge is 0.483 e. The fourth-order valence-electron chi connectivity index (χ4n) is 2.46. The van der Waals surface area contributed by atoms with E-state index in [1.807, 2.05) is 32.0 Å². The van der Waals surface area contributed by atoms with Crippen LogP contribution in [0.25, 0.3) is 0 Å². The van der Waals surface area contributed by atoms with Crippen molar-refractivity contribution in [2.75, 3.05) is 11.9 Å². The van der Waals surface area contributed by atoms with Crippen molar-refractivity contribution < 1.29 is 19.1 Å². The second-order valence-electron chi connectivity index (χ2n) is 6.64. The van der Waals surface area contributed by atoms with E-state index < -0.39 is 11.8 Å². The zero-order chi connectivity index (χ0) is 21.2. The fraction of sp³-hybridized carbons (Fsp3) is 0.286. The van der Waals surface area contributed by atoms with Crippen LogP contribution in [0.4, 0.5) is 5.69 Å². The average molecular weight is 462 g/mol. The quantitative estimate of drug-likeness (QED) is 0.523. The minimum absolute atomic E-state index is 0.00371. The average Bonchev–Trinajstić information content (AvgIpc) is 2.70. The molecule has 0 fully saturated rings. The van der Waals surface area contributed by atoms with Gasteiger partial charge in [0.2, 0.25) is 11.8 Å². The topological polar surface area (TPSA) is 96.5 Å². The highest BCUT2D eigenvalue weighted by Gasteiger charge is 2.12. The molecule has 7 nitrogen and oxygen atoms in total. The van der Waals surface area contributed by atoms with Crippen molar-refractivity contribution >= 4 is 39.3 Å². The van der Waals surface area contributed by atoms with Crippen LogP contribution in [0.5, 0.6) is 5.75 Å². The molecule has 0 unspecified atom stereocenters. The van der Waals surface area contributed by atoms with Crippen LogP contribution in [0.2, 0.25) is 0 Å². The Morgan fingerprint density at radius 1 is 0.931 bits per heavy atom. The Labute approximate surface area is 178 Å². The second kappa shape index (κ2) is 11.2. The first-order valence-corrected chi connectivity index (χ1v) is 9.99. The maximum atomic E-state index is 11.9. The maximum absolute atomic E-state index is 11.9. The van der Waals surface area contributed by atoms with Crippen molar-refractivity contribution in [1.82, 2.24) is 10.9 Å². The Hall–Kier alpha value is -2.87. The molecule has 2 aromatic rings. The molecule has 0 bridgehead atoms. The number of halogens is 1.